The van der Waals surface area contributed by atoms with Crippen LogP contribution in [0.15, 0.2) is 0 Å². The molecule has 0 aromatic rings. The molecule has 0 aliphatic rings. The normalized spacial score (nSPS) is 10.6. The molecule has 0 aliphatic carbocycles. The third-order valence-electron chi connectivity index (χ3n) is 0.945. The Hall–Kier alpha value is -0.570. The summed E-state index contributed by atoms with van der Waals surface area (Å²) in [5, 5.41) is 1.31. The van der Waals surface area contributed by atoms with Gasteiger partial charge in [-0.25, -0.2) is 5.06 Å². The van der Waals surface area contributed by atoms with Gasteiger partial charge >= 0.3 is 0 Å². The van der Waals surface area contributed by atoms with Crippen LogP contribution in [0.4, 0.5) is 0 Å². The van der Waals surface area contributed by atoms with Crippen molar-refractivity contribution in [3.8, 4) is 0 Å². The van der Waals surface area contributed by atoms with Gasteiger partial charge < -0.3 is 0 Å². The molecule has 0 aromatic carbocycles. The first kappa shape index (κ1) is 9.43. The van der Waals surface area contributed by atoms with Crippen LogP contribution in [-0.4, -0.2) is 23.6 Å². The molecule has 0 N–H and O–H groups in total. The molecule has 0 aliphatic heterocycles. The summed E-state index contributed by atoms with van der Waals surface area (Å²) in [5.41, 5.74) is 0. The highest BCUT2D eigenvalue weighted by Gasteiger charge is 2.07. The van der Waals surface area contributed by atoms with Crippen molar-refractivity contribution in [2.75, 3.05) is 0 Å². The summed E-state index contributed by atoms with van der Waals surface area (Å²) in [6.07, 6.45) is 0.762. The third kappa shape index (κ3) is 3.45. The van der Waals surface area contributed by atoms with Crippen molar-refractivity contribution in [1.29, 1.82) is 0 Å². The minimum absolute atomic E-state index is 0.0626. The van der Waals surface area contributed by atoms with Gasteiger partial charge in [-0.15, -0.1) is 0 Å². The van der Waals surface area contributed by atoms with E-state index in [0.717, 1.165) is 0 Å². The molecular weight excluding hydrogens is 130 g/mol. The average Bonchev–Trinajstić information content (AvgIpc) is 1.81. The van der Waals surface area contributed by atoms with E-state index in [1.54, 1.807) is 0 Å². The number of hydroxylamine groups is 2. The predicted octanol–water partition coefficient (Wildman–Crippen LogP) is 1.19. The Balaban J connectivity index is 3.71. The fourth-order valence-corrected chi connectivity index (χ4v) is 0.512. The van der Waals surface area contributed by atoms with E-state index in [0.29, 0.717) is 6.41 Å². The van der Waals surface area contributed by atoms with E-state index in [9.17, 15) is 4.79 Å². The van der Waals surface area contributed by atoms with E-state index in [-0.39, 0.29) is 12.1 Å². The van der Waals surface area contributed by atoms with Crippen LogP contribution in [0.1, 0.15) is 27.7 Å². The molecule has 0 rings (SSSR count). The van der Waals surface area contributed by atoms with Crippen LogP contribution in [-0.2, 0) is 9.63 Å². The first-order valence-corrected chi connectivity index (χ1v) is 3.48. The van der Waals surface area contributed by atoms with Crippen LogP contribution in [0.2, 0.25) is 0 Å². The molecule has 0 bridgehead atoms. The Labute approximate surface area is 61.9 Å². The topological polar surface area (TPSA) is 29.5 Å². The molecule has 0 saturated carbocycles. The lowest BCUT2D eigenvalue weighted by molar-refractivity contribution is -0.198. The second-order valence-electron chi connectivity index (χ2n) is 2.71. The van der Waals surface area contributed by atoms with Gasteiger partial charge in [0.2, 0.25) is 6.41 Å². The van der Waals surface area contributed by atoms with Crippen LogP contribution in [0.5, 0.6) is 0 Å². The first-order chi connectivity index (χ1) is 4.57. The molecule has 1 amide bonds. The maximum Gasteiger partial charge on any atom is 0.233 e. The molecule has 0 radical (unpaired) electrons. The highest BCUT2D eigenvalue weighted by Crippen LogP contribution is 1.98. The molecular formula is C7H15NO2. The van der Waals surface area contributed by atoms with Crippen molar-refractivity contribution < 1.29 is 9.63 Å². The molecule has 60 valence electrons. The molecule has 3 nitrogen and oxygen atoms in total. The van der Waals surface area contributed by atoms with Gasteiger partial charge in [0.15, 0.2) is 0 Å². The van der Waals surface area contributed by atoms with Crippen molar-refractivity contribution in [3.63, 3.8) is 0 Å². The maximum absolute atomic E-state index is 10.3. The minimum Gasteiger partial charge on any atom is -0.276 e. The molecule has 0 fully saturated rings. The number of carbonyl (C=O) groups is 1. The number of amides is 1. The Morgan fingerprint density at radius 1 is 1.30 bits per heavy atom. The zero-order valence-corrected chi connectivity index (χ0v) is 7.00. The van der Waals surface area contributed by atoms with Crippen molar-refractivity contribution in [3.05, 3.63) is 0 Å². The SMILES string of the molecule is CC(C)ON(C=O)C(C)C. The summed E-state index contributed by atoms with van der Waals surface area (Å²) < 4.78 is 0. The quantitative estimate of drug-likeness (QED) is 0.439. The smallest absolute Gasteiger partial charge is 0.233 e. The van der Waals surface area contributed by atoms with Crippen molar-refractivity contribution in [1.82, 2.24) is 5.06 Å². The number of rotatable bonds is 4. The Kier molecular flexibility index (Phi) is 4.03. The standard InChI is InChI=1S/C7H15NO2/c1-6(2)8(5-9)10-7(3)4/h5-7H,1-4H3. The molecule has 0 atom stereocenters. The number of hydrogen-bond donors (Lipinski definition) is 0. The van der Waals surface area contributed by atoms with Crippen LogP contribution in [0, 0.1) is 0 Å². The van der Waals surface area contributed by atoms with Gasteiger partial charge in [-0.05, 0) is 27.7 Å². The summed E-state index contributed by atoms with van der Waals surface area (Å²) in [4.78, 5) is 15.4. The van der Waals surface area contributed by atoms with Gasteiger partial charge in [0.1, 0.15) is 0 Å². The van der Waals surface area contributed by atoms with Gasteiger partial charge in [-0.2, -0.15) is 0 Å². The average molecular weight is 145 g/mol. The number of nitrogens with zero attached hydrogens (tertiary/aromatic N) is 1. The zero-order valence-electron chi connectivity index (χ0n) is 7.00. The molecule has 3 heteroatoms. The molecule has 0 spiro atoms. The predicted molar refractivity (Wildman–Crippen MR) is 39.3 cm³/mol. The van der Waals surface area contributed by atoms with Crippen LogP contribution < -0.4 is 0 Å². The van der Waals surface area contributed by atoms with Gasteiger partial charge in [0.25, 0.3) is 0 Å². The van der Waals surface area contributed by atoms with E-state index in [4.69, 9.17) is 4.84 Å². The fourth-order valence-electron chi connectivity index (χ4n) is 0.512. The summed E-state index contributed by atoms with van der Waals surface area (Å²) in [6, 6.07) is 0.111. The summed E-state index contributed by atoms with van der Waals surface area (Å²) >= 11 is 0. The lowest BCUT2D eigenvalue weighted by Gasteiger charge is -2.22. The van der Waals surface area contributed by atoms with Crippen molar-refractivity contribution >= 4 is 6.41 Å². The van der Waals surface area contributed by atoms with Crippen molar-refractivity contribution in [2.45, 2.75) is 39.8 Å². The maximum atomic E-state index is 10.3. The molecule has 10 heavy (non-hydrogen) atoms. The van der Waals surface area contributed by atoms with Gasteiger partial charge in [-0.1, -0.05) is 0 Å². The first-order valence-electron chi connectivity index (χ1n) is 3.48. The van der Waals surface area contributed by atoms with E-state index in [1.807, 2.05) is 27.7 Å². The van der Waals surface area contributed by atoms with E-state index in [1.165, 1.54) is 5.06 Å². The largest absolute Gasteiger partial charge is 0.276 e. The van der Waals surface area contributed by atoms with Crippen LogP contribution in [0.25, 0.3) is 0 Å². The molecule has 0 heterocycles. The van der Waals surface area contributed by atoms with Crippen LogP contribution in [0.3, 0.4) is 0 Å². The Morgan fingerprint density at radius 2 is 1.80 bits per heavy atom. The molecule has 0 unspecified atom stereocenters. The van der Waals surface area contributed by atoms with Crippen molar-refractivity contribution in [2.24, 2.45) is 0 Å². The summed E-state index contributed by atoms with van der Waals surface area (Å²) in [6.45, 7) is 7.57. The Bertz CT molecular complexity index is 102. The summed E-state index contributed by atoms with van der Waals surface area (Å²) in [7, 11) is 0. The zero-order chi connectivity index (χ0) is 8.15. The van der Waals surface area contributed by atoms with E-state index in [2.05, 4.69) is 0 Å². The highest BCUT2D eigenvalue weighted by molar-refractivity contribution is 5.45. The lowest BCUT2D eigenvalue weighted by Crippen LogP contribution is -2.32. The highest BCUT2D eigenvalue weighted by atomic mass is 16.7. The third-order valence-corrected chi connectivity index (χ3v) is 0.945. The van der Waals surface area contributed by atoms with Gasteiger partial charge in [0, 0.05) is 0 Å². The monoisotopic (exact) mass is 145 g/mol. The van der Waals surface area contributed by atoms with E-state index < -0.39 is 0 Å². The van der Waals surface area contributed by atoms with Crippen LogP contribution >= 0.6 is 0 Å². The molecule has 0 aromatic heterocycles. The van der Waals surface area contributed by atoms with Gasteiger partial charge in [0.05, 0.1) is 12.1 Å². The van der Waals surface area contributed by atoms with Gasteiger partial charge in [-0.3, -0.25) is 9.63 Å². The number of carbonyl (C=O) groups excluding carboxylic acids is 1. The van der Waals surface area contributed by atoms with E-state index >= 15 is 0 Å². The second-order valence-corrected chi connectivity index (χ2v) is 2.71. The minimum atomic E-state index is 0.0626. The second kappa shape index (κ2) is 4.28. The number of hydrogen-bond acceptors (Lipinski definition) is 2. The fraction of sp³-hybridized carbons (Fsp3) is 0.857. The lowest BCUT2D eigenvalue weighted by atomic mass is 10.4. The Morgan fingerprint density at radius 3 is 1.90 bits per heavy atom. The molecule has 0 saturated heterocycles. The summed E-state index contributed by atoms with van der Waals surface area (Å²) in [5.74, 6) is 0.